The molecule has 8 nitrogen and oxygen atoms in total. The number of amidine groups is 1. The number of carbonyl (C=O) groups is 1. The summed E-state index contributed by atoms with van der Waals surface area (Å²) in [6.07, 6.45) is 2.74. The molecule has 2 N–H and O–H groups in total. The molecule has 33 heavy (non-hydrogen) atoms. The summed E-state index contributed by atoms with van der Waals surface area (Å²) in [5.74, 6) is 1.08. The van der Waals surface area contributed by atoms with Gasteiger partial charge in [-0.15, -0.1) is 0 Å². The second kappa shape index (κ2) is 9.29. The number of benzene rings is 1. The summed E-state index contributed by atoms with van der Waals surface area (Å²) in [6.45, 7) is 13.0. The van der Waals surface area contributed by atoms with Crippen molar-refractivity contribution in [2.24, 2.45) is 4.99 Å². The van der Waals surface area contributed by atoms with E-state index in [2.05, 4.69) is 56.6 Å². The Balaban J connectivity index is 1.49. The van der Waals surface area contributed by atoms with Crippen LogP contribution >= 0.6 is 0 Å². The number of nitrogens with zero attached hydrogens (tertiary/aromatic N) is 3. The first-order chi connectivity index (χ1) is 15.3. The van der Waals surface area contributed by atoms with Gasteiger partial charge in [0.2, 0.25) is 5.91 Å². The largest absolute Gasteiger partial charge is 0.311 e. The number of rotatable bonds is 7. The maximum Gasteiger partial charge on any atom is 0.263 e. The van der Waals surface area contributed by atoms with Crippen molar-refractivity contribution in [3.05, 3.63) is 41.6 Å². The second-order valence-corrected chi connectivity index (χ2v) is 12.1. The highest BCUT2D eigenvalue weighted by Gasteiger charge is 2.30. The fourth-order valence-corrected chi connectivity index (χ4v) is 4.82. The third-order valence-electron chi connectivity index (χ3n) is 5.38. The number of fused-ring (bicyclic) bond motifs is 1. The van der Waals surface area contributed by atoms with Crippen LogP contribution in [0.3, 0.4) is 0 Å². The summed E-state index contributed by atoms with van der Waals surface area (Å²) in [4.78, 5) is 17.2. The van der Waals surface area contributed by atoms with Crippen LogP contribution in [0.4, 0.5) is 5.82 Å². The smallest absolute Gasteiger partial charge is 0.263 e. The van der Waals surface area contributed by atoms with Crippen LogP contribution in [0.25, 0.3) is 0 Å². The zero-order valence-electron chi connectivity index (χ0n) is 20.4. The van der Waals surface area contributed by atoms with E-state index in [0.717, 1.165) is 30.8 Å². The summed E-state index contributed by atoms with van der Waals surface area (Å²) >= 11 is 0. The van der Waals surface area contributed by atoms with Crippen molar-refractivity contribution in [2.75, 3.05) is 11.9 Å². The predicted molar refractivity (Wildman–Crippen MR) is 131 cm³/mol. The molecule has 0 radical (unpaired) electrons. The minimum atomic E-state index is -3.51. The fraction of sp³-hybridized carbons (Fsp3) is 0.542. The van der Waals surface area contributed by atoms with Crippen molar-refractivity contribution in [3.63, 3.8) is 0 Å². The van der Waals surface area contributed by atoms with E-state index in [-0.39, 0.29) is 21.8 Å². The van der Waals surface area contributed by atoms with Crippen LogP contribution in [0.15, 0.2) is 40.2 Å². The number of anilines is 1. The summed E-state index contributed by atoms with van der Waals surface area (Å²) in [7, 11) is -3.51. The third-order valence-corrected chi connectivity index (χ3v) is 6.77. The number of amides is 1. The monoisotopic (exact) mass is 473 g/mol. The van der Waals surface area contributed by atoms with Gasteiger partial charge in [-0.3, -0.25) is 14.5 Å². The molecule has 0 spiro atoms. The molecular formula is C24H35N5O3S. The summed E-state index contributed by atoms with van der Waals surface area (Å²) < 4.78 is 28.6. The molecular weight excluding hydrogens is 438 g/mol. The third kappa shape index (κ3) is 6.01. The first kappa shape index (κ1) is 25.0. The SMILES string of the molecule is CC(C)(C)c1cc(NC(=O)CCCCCN=C2NS(=O)(=O)c3ccccc32)n(C(C)(C)C)n1. The Bertz CT molecular complexity index is 1150. The average Bonchev–Trinajstić information content (AvgIpc) is 3.24. The lowest BCUT2D eigenvalue weighted by atomic mass is 9.92. The number of aliphatic imine (C=N–C) groups is 1. The fourth-order valence-electron chi connectivity index (χ4n) is 3.57. The first-order valence-electron chi connectivity index (χ1n) is 11.4. The molecule has 9 heteroatoms. The van der Waals surface area contributed by atoms with Gasteiger partial charge in [-0.25, -0.2) is 13.1 Å². The van der Waals surface area contributed by atoms with Gasteiger partial charge in [0.05, 0.1) is 16.1 Å². The van der Waals surface area contributed by atoms with Crippen LogP contribution in [0.2, 0.25) is 0 Å². The summed E-state index contributed by atoms with van der Waals surface area (Å²) in [6, 6.07) is 8.79. The Hall–Kier alpha value is -2.68. The van der Waals surface area contributed by atoms with E-state index < -0.39 is 10.0 Å². The standard InChI is InChI=1S/C24H35N5O3S/c1-23(2,3)19-16-20(29(27-19)24(4,5)6)26-21(30)14-8-7-11-15-25-22-17-12-9-10-13-18(17)33(31,32)28-22/h9-10,12-13,16H,7-8,11,14-15H2,1-6H3,(H,25,28)(H,26,30). The number of aromatic nitrogens is 2. The number of nitrogens with one attached hydrogen (secondary N) is 2. The van der Waals surface area contributed by atoms with Gasteiger partial charge in [0.1, 0.15) is 11.7 Å². The Labute approximate surface area is 196 Å². The molecule has 0 fully saturated rings. The average molecular weight is 474 g/mol. The Morgan fingerprint density at radius 1 is 1.09 bits per heavy atom. The predicted octanol–water partition coefficient (Wildman–Crippen LogP) is 4.17. The van der Waals surface area contributed by atoms with Crippen LogP contribution < -0.4 is 10.0 Å². The molecule has 0 saturated carbocycles. The molecule has 0 atom stereocenters. The minimum Gasteiger partial charge on any atom is -0.311 e. The van der Waals surface area contributed by atoms with Gasteiger partial charge in [0.15, 0.2) is 0 Å². The van der Waals surface area contributed by atoms with Crippen LogP contribution in [-0.4, -0.2) is 36.5 Å². The van der Waals surface area contributed by atoms with Crippen molar-refractivity contribution >= 4 is 27.6 Å². The summed E-state index contributed by atoms with van der Waals surface area (Å²) in [5, 5.41) is 7.75. The van der Waals surface area contributed by atoms with E-state index in [9.17, 15) is 13.2 Å². The highest BCUT2D eigenvalue weighted by Crippen LogP contribution is 2.28. The van der Waals surface area contributed by atoms with Gasteiger partial charge in [0.25, 0.3) is 10.0 Å². The van der Waals surface area contributed by atoms with E-state index in [1.165, 1.54) is 0 Å². The van der Waals surface area contributed by atoms with Crippen LogP contribution in [-0.2, 0) is 25.8 Å². The van der Waals surface area contributed by atoms with Crippen molar-refractivity contribution in [2.45, 2.75) is 83.1 Å². The number of hydrogen-bond donors (Lipinski definition) is 2. The van der Waals surface area contributed by atoms with E-state index in [1.807, 2.05) is 10.7 Å². The molecule has 1 aromatic heterocycles. The molecule has 3 rings (SSSR count). The van der Waals surface area contributed by atoms with E-state index in [4.69, 9.17) is 5.10 Å². The van der Waals surface area contributed by atoms with E-state index in [1.54, 1.807) is 24.3 Å². The molecule has 1 aromatic carbocycles. The van der Waals surface area contributed by atoms with Crippen molar-refractivity contribution in [1.82, 2.24) is 14.5 Å². The lowest BCUT2D eigenvalue weighted by molar-refractivity contribution is -0.116. The van der Waals surface area contributed by atoms with Gasteiger partial charge in [-0.05, 0) is 45.7 Å². The Morgan fingerprint density at radius 2 is 1.79 bits per heavy atom. The van der Waals surface area contributed by atoms with Crippen molar-refractivity contribution in [3.8, 4) is 0 Å². The maximum absolute atomic E-state index is 12.5. The molecule has 0 saturated heterocycles. The lowest BCUT2D eigenvalue weighted by Crippen LogP contribution is -2.27. The van der Waals surface area contributed by atoms with E-state index in [0.29, 0.717) is 24.4 Å². The summed E-state index contributed by atoms with van der Waals surface area (Å²) in [5.41, 5.74) is 1.20. The number of hydrogen-bond acceptors (Lipinski definition) is 5. The molecule has 1 aliphatic rings. The molecule has 1 aliphatic heterocycles. The van der Waals surface area contributed by atoms with Gasteiger partial charge < -0.3 is 5.32 Å². The molecule has 180 valence electrons. The Kier molecular flexibility index (Phi) is 7.02. The molecule has 2 heterocycles. The molecule has 2 aromatic rings. The van der Waals surface area contributed by atoms with Crippen LogP contribution in [0, 0.1) is 0 Å². The zero-order chi connectivity index (χ0) is 24.4. The molecule has 1 amide bonds. The molecule has 0 unspecified atom stereocenters. The lowest BCUT2D eigenvalue weighted by Gasteiger charge is -2.23. The molecule has 0 bridgehead atoms. The second-order valence-electron chi connectivity index (χ2n) is 10.4. The quantitative estimate of drug-likeness (QED) is 0.589. The number of unbranched alkanes of at least 4 members (excludes halogenated alkanes) is 2. The highest BCUT2D eigenvalue weighted by atomic mass is 32.2. The van der Waals surface area contributed by atoms with Gasteiger partial charge in [0, 0.05) is 30.0 Å². The van der Waals surface area contributed by atoms with E-state index >= 15 is 0 Å². The van der Waals surface area contributed by atoms with Gasteiger partial charge in [-0.2, -0.15) is 5.10 Å². The number of carbonyl (C=O) groups excluding carboxylic acids is 1. The van der Waals surface area contributed by atoms with Gasteiger partial charge in [-0.1, -0.05) is 39.3 Å². The number of sulfonamides is 1. The topological polar surface area (TPSA) is 105 Å². The zero-order valence-corrected chi connectivity index (χ0v) is 21.2. The Morgan fingerprint density at radius 3 is 2.45 bits per heavy atom. The highest BCUT2D eigenvalue weighted by molar-refractivity contribution is 7.90. The maximum atomic E-state index is 12.5. The van der Waals surface area contributed by atoms with Crippen LogP contribution in [0.5, 0.6) is 0 Å². The van der Waals surface area contributed by atoms with Crippen molar-refractivity contribution < 1.29 is 13.2 Å². The molecule has 0 aliphatic carbocycles. The van der Waals surface area contributed by atoms with Crippen molar-refractivity contribution in [1.29, 1.82) is 0 Å². The first-order valence-corrected chi connectivity index (χ1v) is 12.8. The van der Waals surface area contributed by atoms with Gasteiger partial charge >= 0.3 is 0 Å². The normalized spacial score (nSPS) is 16.5. The minimum absolute atomic E-state index is 0.0374. The van der Waals surface area contributed by atoms with Crippen LogP contribution in [0.1, 0.15) is 78.5 Å².